The largest absolute Gasteiger partial charge is 0.413 e. The molecule has 0 unspecified atom stereocenters. The minimum atomic E-state index is -4.33. The van der Waals surface area contributed by atoms with Gasteiger partial charge >= 0.3 is 6.18 Å². The van der Waals surface area contributed by atoms with E-state index in [0.717, 1.165) is 11.3 Å². The van der Waals surface area contributed by atoms with Crippen LogP contribution in [0.2, 0.25) is 0 Å². The molecule has 0 amide bonds. The van der Waals surface area contributed by atoms with E-state index in [9.17, 15) is 13.2 Å². The van der Waals surface area contributed by atoms with Crippen molar-refractivity contribution >= 4 is 0 Å². The fourth-order valence-electron chi connectivity index (χ4n) is 1.44. The summed E-state index contributed by atoms with van der Waals surface area (Å²) in [5.74, 6) is 0. The third kappa shape index (κ3) is 4.38. The van der Waals surface area contributed by atoms with E-state index in [1.54, 1.807) is 17.1 Å². The molecular formula is C12H12F3N3O. The summed E-state index contributed by atoms with van der Waals surface area (Å²) < 4.78 is 37.1. The number of halogens is 3. The van der Waals surface area contributed by atoms with Gasteiger partial charge in [-0.2, -0.15) is 23.8 Å². The van der Waals surface area contributed by atoms with Crippen LogP contribution in [0.4, 0.5) is 13.2 Å². The summed E-state index contributed by atoms with van der Waals surface area (Å²) in [4.78, 5) is 4.30. The Balaban J connectivity index is 1.85. The normalized spacial score (nSPS) is 11.7. The quantitative estimate of drug-likeness (QED) is 0.670. The third-order valence-electron chi connectivity index (χ3n) is 2.27. The molecule has 0 aliphatic rings. The summed E-state index contributed by atoms with van der Waals surface area (Å²) in [7, 11) is 0. The number of hydroxylamine groups is 1. The van der Waals surface area contributed by atoms with Crippen LogP contribution in [0, 0.1) is 0 Å². The topological polar surface area (TPSA) is 39.1 Å². The summed E-state index contributed by atoms with van der Waals surface area (Å²) in [6, 6.07) is 9.40. The molecule has 1 heterocycles. The SMILES string of the molecule is FC(F)(F)CONCc1cnn(-c2ccccc2)c1. The van der Waals surface area contributed by atoms with Gasteiger partial charge in [0.25, 0.3) is 0 Å². The zero-order chi connectivity index (χ0) is 13.7. The number of para-hydroxylation sites is 1. The molecule has 0 aliphatic heterocycles. The summed E-state index contributed by atoms with van der Waals surface area (Å²) in [5.41, 5.74) is 3.86. The van der Waals surface area contributed by atoms with Gasteiger partial charge in [-0.15, -0.1) is 0 Å². The van der Waals surface area contributed by atoms with Crippen LogP contribution in [-0.2, 0) is 11.4 Å². The molecule has 0 radical (unpaired) electrons. The highest BCUT2D eigenvalue weighted by Crippen LogP contribution is 2.13. The Hall–Kier alpha value is -1.86. The Bertz CT molecular complexity index is 510. The molecule has 4 nitrogen and oxygen atoms in total. The molecule has 1 aromatic heterocycles. The Morgan fingerprint density at radius 2 is 1.95 bits per heavy atom. The van der Waals surface area contributed by atoms with Crippen molar-refractivity contribution in [1.29, 1.82) is 0 Å². The van der Waals surface area contributed by atoms with Gasteiger partial charge in [0.1, 0.15) is 0 Å². The van der Waals surface area contributed by atoms with Crippen LogP contribution in [0.5, 0.6) is 0 Å². The fourth-order valence-corrected chi connectivity index (χ4v) is 1.44. The maximum Gasteiger partial charge on any atom is 0.413 e. The fraction of sp³-hybridized carbons (Fsp3) is 0.250. The van der Waals surface area contributed by atoms with Crippen molar-refractivity contribution < 1.29 is 18.0 Å². The van der Waals surface area contributed by atoms with Crippen LogP contribution in [0.25, 0.3) is 5.69 Å². The first-order chi connectivity index (χ1) is 9.04. The maximum absolute atomic E-state index is 11.8. The van der Waals surface area contributed by atoms with Gasteiger partial charge in [-0.1, -0.05) is 18.2 Å². The van der Waals surface area contributed by atoms with Crippen LogP contribution in [0.3, 0.4) is 0 Å². The highest BCUT2D eigenvalue weighted by atomic mass is 19.4. The molecule has 0 bridgehead atoms. The first-order valence-electron chi connectivity index (χ1n) is 5.55. The van der Waals surface area contributed by atoms with Gasteiger partial charge in [-0.25, -0.2) is 4.68 Å². The molecule has 19 heavy (non-hydrogen) atoms. The number of nitrogens with one attached hydrogen (secondary N) is 1. The lowest BCUT2D eigenvalue weighted by atomic mass is 10.3. The molecule has 1 aromatic carbocycles. The van der Waals surface area contributed by atoms with E-state index in [1.807, 2.05) is 30.3 Å². The van der Waals surface area contributed by atoms with Crippen LogP contribution in [0.15, 0.2) is 42.7 Å². The molecule has 0 atom stereocenters. The molecule has 2 rings (SSSR count). The monoisotopic (exact) mass is 271 g/mol. The predicted octanol–water partition coefficient (Wildman–Crippen LogP) is 2.46. The average molecular weight is 271 g/mol. The summed E-state index contributed by atoms with van der Waals surface area (Å²) in [6.45, 7) is -1.16. The number of benzene rings is 1. The van der Waals surface area contributed by atoms with Gasteiger partial charge in [0.2, 0.25) is 0 Å². The smallest absolute Gasteiger partial charge is 0.292 e. The van der Waals surface area contributed by atoms with E-state index in [4.69, 9.17) is 0 Å². The third-order valence-corrected chi connectivity index (χ3v) is 2.27. The van der Waals surface area contributed by atoms with Crippen molar-refractivity contribution in [3.05, 3.63) is 48.3 Å². The molecule has 7 heteroatoms. The molecule has 2 aromatic rings. The van der Waals surface area contributed by atoms with Crippen molar-refractivity contribution in [3.8, 4) is 5.69 Å². The molecule has 0 aliphatic carbocycles. The summed E-state index contributed by atoms with van der Waals surface area (Å²) in [6.07, 6.45) is -1.04. The second-order valence-electron chi connectivity index (χ2n) is 3.85. The molecule has 0 saturated heterocycles. The van der Waals surface area contributed by atoms with E-state index in [2.05, 4.69) is 15.4 Å². The number of hydrogen-bond acceptors (Lipinski definition) is 3. The lowest BCUT2D eigenvalue weighted by molar-refractivity contribution is -0.190. The van der Waals surface area contributed by atoms with Crippen LogP contribution in [0.1, 0.15) is 5.56 Å². The molecular weight excluding hydrogens is 259 g/mol. The molecule has 0 fully saturated rings. The highest BCUT2D eigenvalue weighted by Gasteiger charge is 2.27. The molecule has 0 saturated carbocycles. The van der Waals surface area contributed by atoms with Gasteiger partial charge in [-0.05, 0) is 12.1 Å². The van der Waals surface area contributed by atoms with E-state index >= 15 is 0 Å². The second kappa shape index (κ2) is 5.85. The lowest BCUT2D eigenvalue weighted by Gasteiger charge is -2.07. The summed E-state index contributed by atoms with van der Waals surface area (Å²) >= 11 is 0. The van der Waals surface area contributed by atoms with E-state index in [1.165, 1.54) is 0 Å². The molecule has 102 valence electrons. The molecule has 0 spiro atoms. The van der Waals surface area contributed by atoms with Gasteiger partial charge < -0.3 is 0 Å². The standard InChI is InChI=1S/C12H12F3N3O/c13-12(14,15)9-19-17-7-10-6-16-18(8-10)11-4-2-1-3-5-11/h1-6,8,17H,7,9H2. The van der Waals surface area contributed by atoms with Crippen LogP contribution >= 0.6 is 0 Å². The predicted molar refractivity (Wildman–Crippen MR) is 62.4 cm³/mol. The number of rotatable bonds is 5. The van der Waals surface area contributed by atoms with Crippen molar-refractivity contribution in [2.75, 3.05) is 6.61 Å². The Morgan fingerprint density at radius 3 is 2.63 bits per heavy atom. The first-order valence-corrected chi connectivity index (χ1v) is 5.55. The minimum absolute atomic E-state index is 0.156. The number of hydrogen-bond donors (Lipinski definition) is 1. The van der Waals surface area contributed by atoms with Crippen molar-refractivity contribution in [2.45, 2.75) is 12.7 Å². The van der Waals surface area contributed by atoms with Gasteiger partial charge in [0.15, 0.2) is 6.61 Å². The second-order valence-corrected chi connectivity index (χ2v) is 3.85. The number of alkyl halides is 3. The van der Waals surface area contributed by atoms with Gasteiger partial charge in [0, 0.05) is 18.3 Å². The first kappa shape index (κ1) is 13.6. The zero-order valence-corrected chi connectivity index (χ0v) is 9.89. The lowest BCUT2D eigenvalue weighted by Crippen LogP contribution is -2.24. The number of aromatic nitrogens is 2. The minimum Gasteiger partial charge on any atom is -0.292 e. The van der Waals surface area contributed by atoms with Crippen molar-refractivity contribution in [2.24, 2.45) is 0 Å². The summed E-state index contributed by atoms with van der Waals surface area (Å²) in [5, 5.41) is 4.11. The average Bonchev–Trinajstić information content (AvgIpc) is 2.83. The van der Waals surface area contributed by atoms with Crippen LogP contribution < -0.4 is 5.48 Å². The van der Waals surface area contributed by atoms with Gasteiger partial charge in [0.05, 0.1) is 11.9 Å². The number of nitrogens with zero attached hydrogens (tertiary/aromatic N) is 2. The maximum atomic E-state index is 11.8. The highest BCUT2D eigenvalue weighted by molar-refractivity contribution is 5.30. The zero-order valence-electron chi connectivity index (χ0n) is 9.89. The van der Waals surface area contributed by atoms with Crippen molar-refractivity contribution in [1.82, 2.24) is 15.3 Å². The van der Waals surface area contributed by atoms with Gasteiger partial charge in [-0.3, -0.25) is 4.84 Å². The Labute approximate surface area is 107 Å². The van der Waals surface area contributed by atoms with Crippen molar-refractivity contribution in [3.63, 3.8) is 0 Å². The van der Waals surface area contributed by atoms with E-state index in [0.29, 0.717) is 0 Å². The Morgan fingerprint density at radius 1 is 1.21 bits per heavy atom. The molecule has 1 N–H and O–H groups in total. The van der Waals surface area contributed by atoms with Crippen LogP contribution in [-0.4, -0.2) is 22.6 Å². The van der Waals surface area contributed by atoms with E-state index < -0.39 is 12.8 Å². The Kier molecular flexibility index (Phi) is 4.18. The van der Waals surface area contributed by atoms with E-state index in [-0.39, 0.29) is 6.54 Å².